The molecule has 1 saturated heterocycles. The van der Waals surface area contributed by atoms with Crippen LogP contribution in [-0.2, 0) is 17.9 Å². The van der Waals surface area contributed by atoms with Gasteiger partial charge in [0.1, 0.15) is 11.6 Å². The summed E-state index contributed by atoms with van der Waals surface area (Å²) in [6, 6.07) is 0. The van der Waals surface area contributed by atoms with Crippen LogP contribution in [0.25, 0.3) is 0 Å². The lowest BCUT2D eigenvalue weighted by molar-refractivity contribution is 0.582. The van der Waals surface area contributed by atoms with E-state index in [0.29, 0.717) is 0 Å². The van der Waals surface area contributed by atoms with Gasteiger partial charge in [-0.05, 0) is 0 Å². The molecule has 0 spiro atoms. The highest BCUT2D eigenvalue weighted by atomic mass is 32.2. The van der Waals surface area contributed by atoms with Gasteiger partial charge in [-0.3, -0.25) is 0 Å². The summed E-state index contributed by atoms with van der Waals surface area (Å²) in [5, 5.41) is 3.39. The molecule has 3 heterocycles. The Kier molecular flexibility index (Phi) is 3.20. The van der Waals surface area contributed by atoms with Crippen LogP contribution in [0, 0.1) is 0 Å². The average molecular weight is 250 g/mol. The molecule has 92 valence electrons. The molecule has 0 unspecified atom stereocenters. The van der Waals surface area contributed by atoms with Gasteiger partial charge in [0.15, 0.2) is 0 Å². The zero-order chi connectivity index (χ0) is 11.7. The average Bonchev–Trinajstić information content (AvgIpc) is 2.86. The number of nitrogens with one attached hydrogen (secondary N) is 1. The van der Waals surface area contributed by atoms with E-state index in [-0.39, 0.29) is 0 Å². The van der Waals surface area contributed by atoms with Gasteiger partial charge in [-0.25, -0.2) is 9.97 Å². The summed E-state index contributed by atoms with van der Waals surface area (Å²) >= 11 is 1.96. The van der Waals surface area contributed by atoms with Crippen molar-refractivity contribution >= 4 is 17.6 Å². The van der Waals surface area contributed by atoms with Crippen molar-refractivity contribution in [3.8, 4) is 0 Å². The Morgan fingerprint density at radius 3 is 2.82 bits per heavy atom. The maximum Gasteiger partial charge on any atom is 0.136 e. The first-order valence-electron chi connectivity index (χ1n) is 6.30. The Bertz CT molecular complexity index is 415. The van der Waals surface area contributed by atoms with E-state index in [9.17, 15) is 0 Å². The number of thioether (sulfide) groups is 1. The summed E-state index contributed by atoms with van der Waals surface area (Å²) in [5.41, 5.74) is 2.66. The van der Waals surface area contributed by atoms with E-state index in [1.165, 1.54) is 17.1 Å². The van der Waals surface area contributed by atoms with E-state index >= 15 is 0 Å². The van der Waals surface area contributed by atoms with Crippen LogP contribution in [0.5, 0.6) is 0 Å². The first kappa shape index (κ1) is 11.3. The SMILES string of the molecule is CCc1nc2c(c(N3CCNCC3)n1)CSC2. The first-order valence-corrected chi connectivity index (χ1v) is 7.46. The van der Waals surface area contributed by atoms with E-state index in [1.807, 2.05) is 11.8 Å². The molecule has 0 aliphatic carbocycles. The summed E-state index contributed by atoms with van der Waals surface area (Å²) in [6.45, 7) is 6.39. The molecule has 0 saturated carbocycles. The Morgan fingerprint density at radius 1 is 1.24 bits per heavy atom. The standard InChI is InChI=1S/C12H18N4S/c1-2-11-14-10-8-17-7-9(10)12(15-11)16-5-3-13-4-6-16/h13H,2-8H2,1H3. The summed E-state index contributed by atoms with van der Waals surface area (Å²) in [7, 11) is 0. The van der Waals surface area contributed by atoms with Crippen molar-refractivity contribution in [3.63, 3.8) is 0 Å². The normalized spacial score (nSPS) is 19.5. The number of anilines is 1. The van der Waals surface area contributed by atoms with Crippen molar-refractivity contribution in [1.29, 1.82) is 0 Å². The Balaban J connectivity index is 1.98. The van der Waals surface area contributed by atoms with Crippen molar-refractivity contribution in [2.75, 3.05) is 31.1 Å². The number of nitrogens with zero attached hydrogens (tertiary/aromatic N) is 3. The summed E-state index contributed by atoms with van der Waals surface area (Å²) in [5.74, 6) is 4.35. The second-order valence-corrected chi connectivity index (χ2v) is 5.46. The van der Waals surface area contributed by atoms with Gasteiger partial charge in [-0.2, -0.15) is 11.8 Å². The van der Waals surface area contributed by atoms with Crippen molar-refractivity contribution < 1.29 is 0 Å². The molecule has 4 nitrogen and oxygen atoms in total. The number of hydrogen-bond acceptors (Lipinski definition) is 5. The van der Waals surface area contributed by atoms with Crippen LogP contribution >= 0.6 is 11.8 Å². The minimum absolute atomic E-state index is 0.928. The van der Waals surface area contributed by atoms with Gasteiger partial charge in [0, 0.05) is 49.7 Å². The summed E-state index contributed by atoms with van der Waals surface area (Å²) < 4.78 is 0. The zero-order valence-electron chi connectivity index (χ0n) is 10.2. The Hall–Kier alpha value is -0.810. The fourth-order valence-corrected chi connectivity index (χ4v) is 3.41. The molecule has 17 heavy (non-hydrogen) atoms. The van der Waals surface area contributed by atoms with Gasteiger partial charge in [0.2, 0.25) is 0 Å². The van der Waals surface area contributed by atoms with Gasteiger partial charge in [-0.15, -0.1) is 0 Å². The molecule has 0 radical (unpaired) electrons. The van der Waals surface area contributed by atoms with Gasteiger partial charge in [0.25, 0.3) is 0 Å². The molecule has 1 aromatic rings. The highest BCUT2D eigenvalue weighted by Gasteiger charge is 2.23. The maximum absolute atomic E-state index is 4.76. The molecule has 5 heteroatoms. The lowest BCUT2D eigenvalue weighted by Gasteiger charge is -2.30. The smallest absolute Gasteiger partial charge is 0.136 e. The van der Waals surface area contributed by atoms with Crippen LogP contribution in [0.4, 0.5) is 5.82 Å². The van der Waals surface area contributed by atoms with Crippen molar-refractivity contribution in [1.82, 2.24) is 15.3 Å². The van der Waals surface area contributed by atoms with Crippen LogP contribution in [0.3, 0.4) is 0 Å². The monoisotopic (exact) mass is 250 g/mol. The number of aryl methyl sites for hydroxylation is 1. The van der Waals surface area contributed by atoms with E-state index in [0.717, 1.165) is 49.9 Å². The van der Waals surface area contributed by atoms with Crippen molar-refractivity contribution in [3.05, 3.63) is 17.1 Å². The van der Waals surface area contributed by atoms with E-state index in [4.69, 9.17) is 4.98 Å². The number of hydrogen-bond donors (Lipinski definition) is 1. The van der Waals surface area contributed by atoms with E-state index in [1.54, 1.807) is 0 Å². The molecule has 0 aromatic carbocycles. The predicted octanol–water partition coefficient (Wildman–Crippen LogP) is 1.20. The summed E-state index contributed by atoms with van der Waals surface area (Å²) in [6.07, 6.45) is 0.928. The number of piperazine rings is 1. The van der Waals surface area contributed by atoms with Crippen LogP contribution in [0.15, 0.2) is 0 Å². The maximum atomic E-state index is 4.76. The predicted molar refractivity (Wildman–Crippen MR) is 71.5 cm³/mol. The number of aromatic nitrogens is 2. The Morgan fingerprint density at radius 2 is 2.06 bits per heavy atom. The largest absolute Gasteiger partial charge is 0.354 e. The van der Waals surface area contributed by atoms with E-state index in [2.05, 4.69) is 22.1 Å². The first-order chi connectivity index (χ1) is 8.38. The fourth-order valence-electron chi connectivity index (χ4n) is 2.38. The molecule has 1 fully saturated rings. The molecule has 3 rings (SSSR count). The molecule has 1 N–H and O–H groups in total. The van der Waals surface area contributed by atoms with Gasteiger partial charge in [0.05, 0.1) is 5.69 Å². The molecule has 0 bridgehead atoms. The van der Waals surface area contributed by atoms with Crippen LogP contribution in [0.2, 0.25) is 0 Å². The Labute approximate surface area is 106 Å². The van der Waals surface area contributed by atoms with Crippen LogP contribution in [-0.4, -0.2) is 36.1 Å². The van der Waals surface area contributed by atoms with Crippen molar-refractivity contribution in [2.24, 2.45) is 0 Å². The highest BCUT2D eigenvalue weighted by Crippen LogP contribution is 2.34. The molecule has 2 aliphatic rings. The summed E-state index contributed by atoms with van der Waals surface area (Å²) in [4.78, 5) is 11.8. The van der Waals surface area contributed by atoms with Crippen LogP contribution in [0.1, 0.15) is 24.0 Å². The van der Waals surface area contributed by atoms with Gasteiger partial charge in [-0.1, -0.05) is 6.92 Å². The minimum Gasteiger partial charge on any atom is -0.354 e. The highest BCUT2D eigenvalue weighted by molar-refractivity contribution is 7.98. The zero-order valence-corrected chi connectivity index (χ0v) is 11.0. The van der Waals surface area contributed by atoms with E-state index < -0.39 is 0 Å². The fraction of sp³-hybridized carbons (Fsp3) is 0.667. The number of fused-ring (bicyclic) bond motifs is 1. The molecular weight excluding hydrogens is 232 g/mol. The second-order valence-electron chi connectivity index (χ2n) is 4.47. The quantitative estimate of drug-likeness (QED) is 0.854. The second kappa shape index (κ2) is 4.82. The molecule has 0 amide bonds. The third-order valence-electron chi connectivity index (χ3n) is 3.34. The third-order valence-corrected chi connectivity index (χ3v) is 4.31. The van der Waals surface area contributed by atoms with Crippen LogP contribution < -0.4 is 10.2 Å². The molecule has 2 aliphatic heterocycles. The van der Waals surface area contributed by atoms with Crippen molar-refractivity contribution in [2.45, 2.75) is 24.9 Å². The minimum atomic E-state index is 0.928. The van der Waals surface area contributed by atoms with Gasteiger partial charge >= 0.3 is 0 Å². The topological polar surface area (TPSA) is 41.1 Å². The number of rotatable bonds is 2. The van der Waals surface area contributed by atoms with Gasteiger partial charge < -0.3 is 10.2 Å². The third kappa shape index (κ3) is 2.13. The molecule has 0 atom stereocenters. The molecular formula is C12H18N4S. The lowest BCUT2D eigenvalue weighted by atomic mass is 10.2. The lowest BCUT2D eigenvalue weighted by Crippen LogP contribution is -2.44. The molecule has 1 aromatic heterocycles.